The molecule has 1 saturated carbocycles. The first-order valence-electron chi connectivity index (χ1n) is 8.37. The normalized spacial score (nSPS) is 35.7. The largest absolute Gasteiger partial charge is 0.299 e. The Balaban J connectivity index is 3.37. The number of rotatable bonds is 5. The molecule has 3 nitrogen and oxygen atoms in total. The van der Waals surface area contributed by atoms with Crippen LogP contribution in [0.4, 0.5) is 0 Å². The molecule has 3 atom stereocenters. The SMILES string of the molecule is CC(=O)C1(C)C[C@](C)(C(=O)C(C)C)C[C@](C)(C(=O)C(C)C)C1. The van der Waals surface area contributed by atoms with Crippen molar-refractivity contribution in [2.45, 2.75) is 74.7 Å². The summed E-state index contributed by atoms with van der Waals surface area (Å²) >= 11 is 0. The van der Waals surface area contributed by atoms with Crippen LogP contribution in [-0.2, 0) is 14.4 Å². The Morgan fingerprint density at radius 3 is 1.18 bits per heavy atom. The molecule has 0 aromatic heterocycles. The van der Waals surface area contributed by atoms with Gasteiger partial charge in [-0.15, -0.1) is 0 Å². The molecule has 1 fully saturated rings. The summed E-state index contributed by atoms with van der Waals surface area (Å²) in [5.41, 5.74) is -1.81. The van der Waals surface area contributed by atoms with Gasteiger partial charge in [0.2, 0.25) is 0 Å². The van der Waals surface area contributed by atoms with Crippen molar-refractivity contribution in [3.05, 3.63) is 0 Å². The Bertz CT molecular complexity index is 455. The summed E-state index contributed by atoms with van der Waals surface area (Å²) in [6.07, 6.45) is 1.65. The standard InChI is InChI=1S/C19H32O3/c1-12(2)15(21)18(7)9-17(6,14(5)20)10-19(8,11-18)16(22)13(3)4/h12-13H,9-11H2,1-8H3/t17?,18-,19+. The van der Waals surface area contributed by atoms with E-state index in [1.807, 2.05) is 48.5 Å². The van der Waals surface area contributed by atoms with E-state index in [0.29, 0.717) is 19.3 Å². The predicted molar refractivity (Wildman–Crippen MR) is 88.5 cm³/mol. The van der Waals surface area contributed by atoms with Crippen LogP contribution in [0.5, 0.6) is 0 Å². The molecule has 0 bridgehead atoms. The van der Waals surface area contributed by atoms with Gasteiger partial charge in [-0.3, -0.25) is 14.4 Å². The molecule has 1 aliphatic rings. The van der Waals surface area contributed by atoms with Crippen LogP contribution in [0.1, 0.15) is 74.7 Å². The third-order valence-corrected chi connectivity index (χ3v) is 5.43. The van der Waals surface area contributed by atoms with E-state index < -0.39 is 16.2 Å². The van der Waals surface area contributed by atoms with Gasteiger partial charge in [-0.25, -0.2) is 0 Å². The quantitative estimate of drug-likeness (QED) is 0.763. The molecule has 0 aromatic carbocycles. The first-order valence-corrected chi connectivity index (χ1v) is 8.37. The molecule has 1 aliphatic carbocycles. The molecule has 0 heterocycles. The number of carbonyl (C=O) groups is 3. The fourth-order valence-electron chi connectivity index (χ4n) is 4.76. The lowest BCUT2D eigenvalue weighted by molar-refractivity contribution is -0.153. The molecule has 0 radical (unpaired) electrons. The van der Waals surface area contributed by atoms with E-state index >= 15 is 0 Å². The number of ketones is 3. The Hall–Kier alpha value is -0.990. The van der Waals surface area contributed by atoms with Crippen LogP contribution in [0.15, 0.2) is 0 Å². The summed E-state index contributed by atoms with van der Waals surface area (Å²) in [6.45, 7) is 15.0. The van der Waals surface area contributed by atoms with Gasteiger partial charge in [0.05, 0.1) is 0 Å². The van der Waals surface area contributed by atoms with Gasteiger partial charge in [-0.05, 0) is 26.2 Å². The smallest absolute Gasteiger partial charge is 0.141 e. The van der Waals surface area contributed by atoms with E-state index in [-0.39, 0.29) is 29.2 Å². The first kappa shape index (κ1) is 19.1. The lowest BCUT2D eigenvalue weighted by Crippen LogP contribution is -2.52. The van der Waals surface area contributed by atoms with Crippen LogP contribution in [-0.4, -0.2) is 17.3 Å². The maximum Gasteiger partial charge on any atom is 0.141 e. The van der Waals surface area contributed by atoms with Gasteiger partial charge in [-0.2, -0.15) is 0 Å². The molecule has 0 spiro atoms. The molecule has 0 saturated heterocycles. The van der Waals surface area contributed by atoms with E-state index in [1.165, 1.54) is 0 Å². The predicted octanol–water partition coefficient (Wildman–Crippen LogP) is 4.23. The minimum absolute atomic E-state index is 0.0813. The van der Waals surface area contributed by atoms with Crippen molar-refractivity contribution in [1.82, 2.24) is 0 Å². The zero-order valence-corrected chi connectivity index (χ0v) is 15.5. The van der Waals surface area contributed by atoms with Gasteiger partial charge in [0.1, 0.15) is 17.3 Å². The van der Waals surface area contributed by atoms with Gasteiger partial charge in [0, 0.05) is 28.1 Å². The topological polar surface area (TPSA) is 51.2 Å². The van der Waals surface area contributed by atoms with E-state index in [9.17, 15) is 14.4 Å². The molecular weight excluding hydrogens is 276 g/mol. The van der Waals surface area contributed by atoms with Crippen LogP contribution >= 0.6 is 0 Å². The molecular formula is C19H32O3. The molecule has 1 unspecified atom stereocenters. The van der Waals surface area contributed by atoms with Crippen LogP contribution in [0.2, 0.25) is 0 Å². The molecule has 126 valence electrons. The highest BCUT2D eigenvalue weighted by Crippen LogP contribution is 2.56. The van der Waals surface area contributed by atoms with Gasteiger partial charge < -0.3 is 0 Å². The van der Waals surface area contributed by atoms with Crippen molar-refractivity contribution in [2.75, 3.05) is 0 Å². The Kier molecular flexibility index (Phi) is 5.11. The second-order valence-corrected chi connectivity index (χ2v) is 8.81. The molecule has 3 heteroatoms. The molecule has 0 N–H and O–H groups in total. The number of hydrogen-bond acceptors (Lipinski definition) is 3. The van der Waals surface area contributed by atoms with Crippen molar-refractivity contribution in [3.8, 4) is 0 Å². The summed E-state index contributed by atoms with van der Waals surface area (Å²) in [7, 11) is 0. The number of carbonyl (C=O) groups excluding carboxylic acids is 3. The zero-order chi connectivity index (χ0) is 17.5. The summed E-state index contributed by atoms with van der Waals surface area (Å²) < 4.78 is 0. The van der Waals surface area contributed by atoms with Crippen molar-refractivity contribution >= 4 is 17.3 Å². The highest BCUT2D eigenvalue weighted by Gasteiger charge is 2.56. The van der Waals surface area contributed by atoms with E-state index in [0.717, 1.165) is 0 Å². The zero-order valence-electron chi connectivity index (χ0n) is 15.5. The second-order valence-electron chi connectivity index (χ2n) is 8.81. The van der Waals surface area contributed by atoms with Crippen LogP contribution < -0.4 is 0 Å². The molecule has 0 amide bonds. The van der Waals surface area contributed by atoms with Crippen LogP contribution in [0.3, 0.4) is 0 Å². The van der Waals surface area contributed by atoms with E-state index in [1.54, 1.807) is 6.92 Å². The number of hydrogen-bond donors (Lipinski definition) is 0. The highest BCUT2D eigenvalue weighted by molar-refractivity contribution is 5.93. The van der Waals surface area contributed by atoms with Crippen molar-refractivity contribution in [2.24, 2.45) is 28.1 Å². The lowest BCUT2D eigenvalue weighted by Gasteiger charge is -2.51. The molecule has 0 aromatic rings. The molecule has 1 rings (SSSR count). The third-order valence-electron chi connectivity index (χ3n) is 5.43. The highest BCUT2D eigenvalue weighted by atomic mass is 16.1. The summed E-state index contributed by atoms with van der Waals surface area (Å²) in [5, 5.41) is 0. The summed E-state index contributed by atoms with van der Waals surface area (Å²) in [6, 6.07) is 0. The minimum Gasteiger partial charge on any atom is -0.299 e. The van der Waals surface area contributed by atoms with Gasteiger partial charge in [0.15, 0.2) is 0 Å². The van der Waals surface area contributed by atoms with Crippen LogP contribution in [0.25, 0.3) is 0 Å². The van der Waals surface area contributed by atoms with Crippen molar-refractivity contribution in [3.63, 3.8) is 0 Å². The van der Waals surface area contributed by atoms with Crippen molar-refractivity contribution < 1.29 is 14.4 Å². The second kappa shape index (κ2) is 5.90. The monoisotopic (exact) mass is 308 g/mol. The van der Waals surface area contributed by atoms with Gasteiger partial charge in [-0.1, -0.05) is 48.5 Å². The summed E-state index contributed by atoms with van der Waals surface area (Å²) in [4.78, 5) is 37.8. The average Bonchev–Trinajstić information content (AvgIpc) is 2.34. The maximum atomic E-state index is 12.8. The fraction of sp³-hybridized carbons (Fsp3) is 0.842. The average molecular weight is 308 g/mol. The Labute approximate surface area is 135 Å². The van der Waals surface area contributed by atoms with Gasteiger partial charge in [0.25, 0.3) is 0 Å². The maximum absolute atomic E-state index is 12.8. The minimum atomic E-state index is -0.605. The Morgan fingerprint density at radius 2 is 0.955 bits per heavy atom. The number of Topliss-reactive ketones (excluding diaryl/α,β-unsaturated/α-hetero) is 3. The van der Waals surface area contributed by atoms with Crippen molar-refractivity contribution in [1.29, 1.82) is 0 Å². The van der Waals surface area contributed by atoms with E-state index in [4.69, 9.17) is 0 Å². The fourth-order valence-corrected chi connectivity index (χ4v) is 4.76. The lowest BCUT2D eigenvalue weighted by atomic mass is 9.50. The molecule has 0 aliphatic heterocycles. The summed E-state index contributed by atoms with van der Waals surface area (Å²) in [5.74, 6) is 0.248. The van der Waals surface area contributed by atoms with E-state index in [2.05, 4.69) is 0 Å². The van der Waals surface area contributed by atoms with Gasteiger partial charge >= 0.3 is 0 Å². The first-order chi connectivity index (χ1) is 9.77. The van der Waals surface area contributed by atoms with Crippen LogP contribution in [0, 0.1) is 28.1 Å². The third kappa shape index (κ3) is 3.33. The Morgan fingerprint density at radius 1 is 0.682 bits per heavy atom. The molecule has 22 heavy (non-hydrogen) atoms.